The summed E-state index contributed by atoms with van der Waals surface area (Å²) in [5, 5.41) is 3.05. The van der Waals surface area contributed by atoms with Gasteiger partial charge in [0, 0.05) is 5.70 Å². The lowest BCUT2D eigenvalue weighted by Gasteiger charge is -2.17. The van der Waals surface area contributed by atoms with Crippen molar-refractivity contribution in [3.63, 3.8) is 0 Å². The van der Waals surface area contributed by atoms with Gasteiger partial charge in [-0.2, -0.15) is 0 Å². The number of hydrogen-bond donors (Lipinski definition) is 1. The van der Waals surface area contributed by atoms with Gasteiger partial charge >= 0.3 is 0 Å². The fourth-order valence-electron chi connectivity index (χ4n) is 2.17. The third-order valence-corrected chi connectivity index (χ3v) is 3.09. The summed E-state index contributed by atoms with van der Waals surface area (Å²) < 4.78 is 0. The molecule has 0 unspecified atom stereocenters. The lowest BCUT2D eigenvalue weighted by molar-refractivity contribution is 0.0666. The zero-order chi connectivity index (χ0) is 12.5. The summed E-state index contributed by atoms with van der Waals surface area (Å²) in [5.41, 5.74) is 1.87. The second-order valence-corrected chi connectivity index (χ2v) is 4.25. The van der Waals surface area contributed by atoms with Crippen LogP contribution in [0.25, 0.3) is 0 Å². The Balaban J connectivity index is 1.86. The van der Waals surface area contributed by atoms with Gasteiger partial charge in [-0.15, -0.1) is 0 Å². The largest absolute Gasteiger partial charge is 0.364 e. The standard InChI is InChI=1S/C14H12N2O2/c17-13-11-6-1-2-7-12(11)14(18)16(13)9-10-5-3-4-8-15-10/h1-2,4-8,15H,3,9H2. The Morgan fingerprint density at radius 2 is 1.78 bits per heavy atom. The van der Waals surface area contributed by atoms with E-state index < -0.39 is 0 Å². The predicted octanol–water partition coefficient (Wildman–Crippen LogP) is 1.67. The number of allylic oxidation sites excluding steroid dienone is 2. The van der Waals surface area contributed by atoms with E-state index in [9.17, 15) is 9.59 Å². The van der Waals surface area contributed by atoms with Crippen molar-refractivity contribution in [2.24, 2.45) is 0 Å². The first-order chi connectivity index (χ1) is 8.77. The van der Waals surface area contributed by atoms with E-state index in [1.54, 1.807) is 24.3 Å². The predicted molar refractivity (Wildman–Crippen MR) is 66.8 cm³/mol. The number of carbonyl (C=O) groups excluding carboxylic acids is 2. The van der Waals surface area contributed by atoms with Gasteiger partial charge < -0.3 is 5.32 Å². The van der Waals surface area contributed by atoms with Crippen molar-refractivity contribution < 1.29 is 9.59 Å². The first-order valence-corrected chi connectivity index (χ1v) is 5.83. The number of dihydropyridines is 1. The number of amides is 2. The smallest absolute Gasteiger partial charge is 0.261 e. The van der Waals surface area contributed by atoms with Crippen LogP contribution >= 0.6 is 0 Å². The molecule has 4 heteroatoms. The zero-order valence-corrected chi connectivity index (χ0v) is 9.72. The number of hydrogen-bond acceptors (Lipinski definition) is 3. The summed E-state index contributed by atoms with van der Waals surface area (Å²) >= 11 is 0. The molecule has 0 fully saturated rings. The van der Waals surface area contributed by atoms with E-state index in [1.807, 2.05) is 18.4 Å². The van der Waals surface area contributed by atoms with Crippen molar-refractivity contribution in [3.05, 3.63) is 59.4 Å². The summed E-state index contributed by atoms with van der Waals surface area (Å²) in [4.78, 5) is 25.5. The lowest BCUT2D eigenvalue weighted by atomic mass is 10.1. The molecule has 0 saturated heterocycles. The zero-order valence-electron chi connectivity index (χ0n) is 9.72. The summed E-state index contributed by atoms with van der Waals surface area (Å²) in [5.74, 6) is -0.430. The molecule has 1 aromatic carbocycles. The van der Waals surface area contributed by atoms with Crippen LogP contribution in [0.3, 0.4) is 0 Å². The monoisotopic (exact) mass is 240 g/mol. The molecular formula is C14H12N2O2. The summed E-state index contributed by atoms with van der Waals surface area (Å²) in [6, 6.07) is 6.93. The second kappa shape index (κ2) is 4.14. The van der Waals surface area contributed by atoms with Crippen LogP contribution in [0.1, 0.15) is 27.1 Å². The Kier molecular flexibility index (Phi) is 2.48. The van der Waals surface area contributed by atoms with Crippen LogP contribution in [0.5, 0.6) is 0 Å². The van der Waals surface area contributed by atoms with Crippen LogP contribution in [-0.2, 0) is 0 Å². The number of rotatable bonds is 2. The summed E-state index contributed by atoms with van der Waals surface area (Å²) in [7, 11) is 0. The van der Waals surface area contributed by atoms with Gasteiger partial charge in [-0.3, -0.25) is 14.5 Å². The highest BCUT2D eigenvalue weighted by Gasteiger charge is 2.35. The van der Waals surface area contributed by atoms with Crippen LogP contribution in [0.15, 0.2) is 48.3 Å². The third kappa shape index (κ3) is 1.62. The molecule has 0 radical (unpaired) electrons. The van der Waals surface area contributed by atoms with Gasteiger partial charge in [0.15, 0.2) is 0 Å². The van der Waals surface area contributed by atoms with E-state index in [1.165, 1.54) is 4.90 Å². The van der Waals surface area contributed by atoms with Crippen LogP contribution in [0.2, 0.25) is 0 Å². The van der Waals surface area contributed by atoms with E-state index in [2.05, 4.69) is 5.32 Å². The van der Waals surface area contributed by atoms with Gasteiger partial charge in [0.1, 0.15) is 0 Å². The van der Waals surface area contributed by atoms with E-state index in [0.29, 0.717) is 17.7 Å². The van der Waals surface area contributed by atoms with Gasteiger partial charge in [-0.05, 0) is 24.8 Å². The van der Waals surface area contributed by atoms with Gasteiger partial charge in [0.25, 0.3) is 11.8 Å². The Morgan fingerprint density at radius 3 is 2.33 bits per heavy atom. The quantitative estimate of drug-likeness (QED) is 0.800. The topological polar surface area (TPSA) is 49.4 Å². The van der Waals surface area contributed by atoms with Crippen molar-refractivity contribution in [1.29, 1.82) is 0 Å². The van der Waals surface area contributed by atoms with Gasteiger partial charge in [0.05, 0.1) is 17.7 Å². The number of benzene rings is 1. The van der Waals surface area contributed by atoms with Crippen LogP contribution < -0.4 is 5.32 Å². The summed E-state index contributed by atoms with van der Waals surface area (Å²) in [6.45, 7) is 0.302. The molecule has 0 aromatic heterocycles. The minimum Gasteiger partial charge on any atom is -0.364 e. The fraction of sp³-hybridized carbons (Fsp3) is 0.143. The number of fused-ring (bicyclic) bond motifs is 1. The molecule has 0 atom stereocenters. The van der Waals surface area contributed by atoms with E-state index in [4.69, 9.17) is 0 Å². The summed E-state index contributed by atoms with van der Waals surface area (Å²) in [6.07, 6.45) is 6.61. The Hall–Kier alpha value is -2.36. The molecule has 2 heterocycles. The molecule has 3 rings (SSSR count). The fourth-order valence-corrected chi connectivity index (χ4v) is 2.17. The lowest BCUT2D eigenvalue weighted by Crippen LogP contribution is -2.34. The average Bonchev–Trinajstić information content (AvgIpc) is 2.66. The van der Waals surface area contributed by atoms with Gasteiger partial charge in [0.2, 0.25) is 0 Å². The van der Waals surface area contributed by atoms with Gasteiger partial charge in [-0.1, -0.05) is 24.3 Å². The number of carbonyl (C=O) groups is 2. The molecule has 0 aliphatic carbocycles. The molecule has 4 nitrogen and oxygen atoms in total. The normalized spacial score (nSPS) is 17.6. The maximum Gasteiger partial charge on any atom is 0.261 e. The van der Waals surface area contributed by atoms with Crippen molar-refractivity contribution in [3.8, 4) is 0 Å². The molecule has 18 heavy (non-hydrogen) atoms. The Labute approximate surface area is 105 Å². The molecule has 1 aromatic rings. The first-order valence-electron chi connectivity index (χ1n) is 5.83. The molecular weight excluding hydrogens is 228 g/mol. The van der Waals surface area contributed by atoms with Crippen LogP contribution in [-0.4, -0.2) is 23.3 Å². The van der Waals surface area contributed by atoms with Crippen molar-refractivity contribution in [2.45, 2.75) is 6.42 Å². The minimum absolute atomic E-state index is 0.215. The molecule has 2 aliphatic heterocycles. The van der Waals surface area contributed by atoms with E-state index in [-0.39, 0.29) is 11.8 Å². The Bertz CT molecular complexity index is 552. The molecule has 0 spiro atoms. The van der Waals surface area contributed by atoms with Crippen molar-refractivity contribution >= 4 is 11.8 Å². The minimum atomic E-state index is -0.215. The molecule has 90 valence electrons. The average molecular weight is 240 g/mol. The van der Waals surface area contributed by atoms with Crippen LogP contribution in [0.4, 0.5) is 0 Å². The first kappa shape index (κ1) is 10.8. The molecule has 2 amide bonds. The highest BCUT2D eigenvalue weighted by Crippen LogP contribution is 2.23. The van der Waals surface area contributed by atoms with Crippen molar-refractivity contribution in [2.75, 3.05) is 6.54 Å². The molecule has 2 aliphatic rings. The number of nitrogens with zero attached hydrogens (tertiary/aromatic N) is 1. The van der Waals surface area contributed by atoms with Crippen LogP contribution in [0, 0.1) is 0 Å². The Morgan fingerprint density at radius 1 is 1.11 bits per heavy atom. The maximum absolute atomic E-state index is 12.1. The highest BCUT2D eigenvalue weighted by atomic mass is 16.2. The van der Waals surface area contributed by atoms with Gasteiger partial charge in [-0.25, -0.2) is 0 Å². The van der Waals surface area contributed by atoms with E-state index in [0.717, 1.165) is 12.1 Å². The third-order valence-electron chi connectivity index (χ3n) is 3.09. The molecule has 0 saturated carbocycles. The second-order valence-electron chi connectivity index (χ2n) is 4.25. The SMILES string of the molecule is O=C1c2ccccc2C(=O)N1CC1=CCC=CN1. The molecule has 1 N–H and O–H groups in total. The van der Waals surface area contributed by atoms with E-state index >= 15 is 0 Å². The molecule has 0 bridgehead atoms. The highest BCUT2D eigenvalue weighted by molar-refractivity contribution is 6.21. The number of imide groups is 1. The van der Waals surface area contributed by atoms with Crippen molar-refractivity contribution in [1.82, 2.24) is 10.2 Å². The maximum atomic E-state index is 12.1. The number of nitrogens with one attached hydrogen (secondary N) is 1.